The highest BCUT2D eigenvalue weighted by molar-refractivity contribution is 14.1. The Balaban J connectivity index is 2.07. The number of anilines is 1. The molecule has 94 valence electrons. The second kappa shape index (κ2) is 5.95. The summed E-state index contributed by atoms with van der Waals surface area (Å²) in [5.41, 5.74) is 2.10. The smallest absolute Gasteiger partial charge is 0.160 e. The maximum Gasteiger partial charge on any atom is 0.160 e. The first-order valence-electron chi connectivity index (χ1n) is 5.55. The number of halogens is 1. The van der Waals surface area contributed by atoms with Crippen molar-refractivity contribution in [3.8, 4) is 11.5 Å². The molecule has 0 aliphatic carbocycles. The Morgan fingerprint density at radius 2 is 2.00 bits per heavy atom. The van der Waals surface area contributed by atoms with E-state index in [1.807, 2.05) is 30.3 Å². The Kier molecular flexibility index (Phi) is 4.30. The van der Waals surface area contributed by atoms with Gasteiger partial charge in [-0.2, -0.15) is 0 Å². The number of nitrogens with one attached hydrogen (secondary N) is 1. The number of benzene rings is 2. The van der Waals surface area contributed by atoms with E-state index in [1.165, 1.54) is 3.57 Å². The van der Waals surface area contributed by atoms with Crippen LogP contribution < -0.4 is 10.1 Å². The molecule has 2 aromatic rings. The third kappa shape index (κ3) is 3.07. The van der Waals surface area contributed by atoms with Crippen LogP contribution in [-0.2, 0) is 6.54 Å². The van der Waals surface area contributed by atoms with Crippen LogP contribution in [0.2, 0.25) is 0 Å². The lowest BCUT2D eigenvalue weighted by atomic mass is 10.2. The monoisotopic (exact) mass is 355 g/mol. The van der Waals surface area contributed by atoms with Gasteiger partial charge in [0.2, 0.25) is 0 Å². The fourth-order valence-electron chi connectivity index (χ4n) is 1.65. The molecule has 0 aromatic heterocycles. The van der Waals surface area contributed by atoms with Crippen LogP contribution in [0, 0.1) is 3.57 Å². The van der Waals surface area contributed by atoms with Crippen molar-refractivity contribution in [1.82, 2.24) is 0 Å². The van der Waals surface area contributed by atoms with Crippen molar-refractivity contribution in [2.45, 2.75) is 6.54 Å². The summed E-state index contributed by atoms with van der Waals surface area (Å²) >= 11 is 2.29. The molecule has 0 spiro atoms. The molecule has 0 aliphatic heterocycles. The van der Waals surface area contributed by atoms with Crippen molar-refractivity contribution in [2.75, 3.05) is 12.4 Å². The Morgan fingerprint density at radius 1 is 1.22 bits per heavy atom. The molecular formula is C14H14INO2. The summed E-state index contributed by atoms with van der Waals surface area (Å²) in [6.07, 6.45) is 0. The minimum atomic E-state index is 0.166. The van der Waals surface area contributed by atoms with Crippen LogP contribution in [0.1, 0.15) is 5.56 Å². The number of ether oxygens (including phenoxy) is 1. The van der Waals surface area contributed by atoms with E-state index in [4.69, 9.17) is 4.74 Å². The van der Waals surface area contributed by atoms with Crippen LogP contribution in [-0.4, -0.2) is 12.2 Å². The number of hydrogen-bond acceptors (Lipinski definition) is 3. The van der Waals surface area contributed by atoms with Crippen molar-refractivity contribution in [2.24, 2.45) is 0 Å². The third-order valence-corrected chi connectivity index (χ3v) is 3.54. The topological polar surface area (TPSA) is 41.5 Å². The van der Waals surface area contributed by atoms with E-state index in [0.29, 0.717) is 12.3 Å². The number of aromatic hydroxyl groups is 1. The number of para-hydroxylation sites is 1. The van der Waals surface area contributed by atoms with Gasteiger partial charge in [0, 0.05) is 15.8 Å². The number of rotatable bonds is 4. The molecule has 0 aliphatic rings. The molecule has 2 N–H and O–H groups in total. The van der Waals surface area contributed by atoms with Crippen molar-refractivity contribution < 1.29 is 9.84 Å². The highest BCUT2D eigenvalue weighted by Crippen LogP contribution is 2.26. The van der Waals surface area contributed by atoms with Crippen LogP contribution in [0.5, 0.6) is 11.5 Å². The molecule has 0 amide bonds. The summed E-state index contributed by atoms with van der Waals surface area (Å²) in [4.78, 5) is 0. The minimum Gasteiger partial charge on any atom is -0.504 e. The maximum atomic E-state index is 9.69. The van der Waals surface area contributed by atoms with Crippen molar-refractivity contribution in [3.63, 3.8) is 0 Å². The fraction of sp³-hybridized carbons (Fsp3) is 0.143. The van der Waals surface area contributed by atoms with Gasteiger partial charge in [0.05, 0.1) is 7.11 Å². The molecule has 0 heterocycles. The zero-order chi connectivity index (χ0) is 13.0. The fourth-order valence-corrected chi connectivity index (χ4v) is 2.23. The Labute approximate surface area is 120 Å². The first-order chi connectivity index (χ1) is 8.70. The predicted molar refractivity (Wildman–Crippen MR) is 81.1 cm³/mol. The summed E-state index contributed by atoms with van der Waals surface area (Å²) in [6, 6.07) is 13.5. The van der Waals surface area contributed by atoms with Crippen molar-refractivity contribution >= 4 is 28.3 Å². The van der Waals surface area contributed by atoms with Gasteiger partial charge < -0.3 is 15.2 Å². The van der Waals surface area contributed by atoms with Gasteiger partial charge in [-0.15, -0.1) is 0 Å². The molecule has 2 aromatic carbocycles. The van der Waals surface area contributed by atoms with Gasteiger partial charge in [-0.3, -0.25) is 0 Å². The van der Waals surface area contributed by atoms with Gasteiger partial charge in [0.15, 0.2) is 11.5 Å². The van der Waals surface area contributed by atoms with Gasteiger partial charge in [-0.05, 0) is 52.4 Å². The standard InChI is InChI=1S/C14H14INO2/c1-18-14-7-6-10(8-13(14)17)9-16-12-5-3-2-4-11(12)15/h2-8,16-17H,9H2,1H3. The molecule has 0 fully saturated rings. The molecule has 4 heteroatoms. The number of phenols is 1. The SMILES string of the molecule is COc1ccc(CNc2ccccc2I)cc1O. The Morgan fingerprint density at radius 3 is 2.67 bits per heavy atom. The number of hydrogen-bond donors (Lipinski definition) is 2. The molecule has 0 saturated carbocycles. The molecule has 0 bridgehead atoms. The van der Waals surface area contributed by atoms with Crippen LogP contribution in [0.25, 0.3) is 0 Å². The van der Waals surface area contributed by atoms with Crippen molar-refractivity contribution in [1.29, 1.82) is 0 Å². The second-order valence-corrected chi connectivity index (χ2v) is 5.00. The molecule has 18 heavy (non-hydrogen) atoms. The third-order valence-electron chi connectivity index (χ3n) is 2.60. The first-order valence-corrected chi connectivity index (χ1v) is 6.63. The summed E-state index contributed by atoms with van der Waals surface area (Å²) in [5, 5.41) is 13.0. The maximum absolute atomic E-state index is 9.69. The molecular weight excluding hydrogens is 341 g/mol. The quantitative estimate of drug-likeness (QED) is 0.824. The summed E-state index contributed by atoms with van der Waals surface area (Å²) in [5.74, 6) is 0.660. The summed E-state index contributed by atoms with van der Waals surface area (Å²) < 4.78 is 6.18. The summed E-state index contributed by atoms with van der Waals surface area (Å²) in [7, 11) is 1.54. The van der Waals surface area contributed by atoms with Crippen molar-refractivity contribution in [3.05, 3.63) is 51.6 Å². The van der Waals surface area contributed by atoms with Crippen LogP contribution in [0.4, 0.5) is 5.69 Å². The lowest BCUT2D eigenvalue weighted by Crippen LogP contribution is -2.00. The van der Waals surface area contributed by atoms with E-state index in [9.17, 15) is 5.11 Å². The first kappa shape index (κ1) is 13.0. The average Bonchev–Trinajstić information content (AvgIpc) is 2.38. The molecule has 0 unspecified atom stereocenters. The van der Waals surface area contributed by atoms with Crippen LogP contribution in [0.15, 0.2) is 42.5 Å². The predicted octanol–water partition coefficient (Wildman–Crippen LogP) is 3.62. The molecule has 2 rings (SSSR count). The second-order valence-electron chi connectivity index (χ2n) is 3.84. The van der Waals surface area contributed by atoms with E-state index in [0.717, 1.165) is 11.3 Å². The van der Waals surface area contributed by atoms with Gasteiger partial charge in [0.1, 0.15) is 0 Å². The normalized spacial score (nSPS) is 10.1. The lowest BCUT2D eigenvalue weighted by Gasteiger charge is -2.10. The molecule has 0 atom stereocenters. The Hall–Kier alpha value is -1.43. The largest absolute Gasteiger partial charge is 0.504 e. The molecule has 3 nitrogen and oxygen atoms in total. The molecule has 0 saturated heterocycles. The number of methoxy groups -OCH3 is 1. The summed E-state index contributed by atoms with van der Waals surface area (Å²) in [6.45, 7) is 0.664. The highest BCUT2D eigenvalue weighted by Gasteiger charge is 2.03. The van der Waals surface area contributed by atoms with E-state index in [2.05, 4.69) is 27.9 Å². The van der Waals surface area contributed by atoms with E-state index < -0.39 is 0 Å². The van der Waals surface area contributed by atoms with E-state index in [-0.39, 0.29) is 5.75 Å². The van der Waals surface area contributed by atoms with Crippen LogP contribution >= 0.6 is 22.6 Å². The average molecular weight is 355 g/mol. The van der Waals surface area contributed by atoms with Gasteiger partial charge in [0.25, 0.3) is 0 Å². The van der Waals surface area contributed by atoms with Gasteiger partial charge >= 0.3 is 0 Å². The van der Waals surface area contributed by atoms with E-state index >= 15 is 0 Å². The highest BCUT2D eigenvalue weighted by atomic mass is 127. The molecule has 0 radical (unpaired) electrons. The lowest BCUT2D eigenvalue weighted by molar-refractivity contribution is 0.373. The zero-order valence-corrected chi connectivity index (χ0v) is 12.1. The van der Waals surface area contributed by atoms with Gasteiger partial charge in [-0.1, -0.05) is 18.2 Å². The minimum absolute atomic E-state index is 0.166. The van der Waals surface area contributed by atoms with Crippen LogP contribution in [0.3, 0.4) is 0 Å². The van der Waals surface area contributed by atoms with Gasteiger partial charge in [-0.25, -0.2) is 0 Å². The van der Waals surface area contributed by atoms with E-state index in [1.54, 1.807) is 19.2 Å². The zero-order valence-electron chi connectivity index (χ0n) is 9.98. The Bertz CT molecular complexity index is 543. The number of phenolic OH excluding ortho intramolecular Hbond substituents is 1.